The Balaban J connectivity index is 0.00000205. The molecule has 2 saturated heterocycles. The van der Waals surface area contributed by atoms with Crippen molar-refractivity contribution < 1.29 is 10.6 Å². The quantitative estimate of drug-likeness (QED) is 0.855. The number of urea groups is 1. The highest BCUT2D eigenvalue weighted by atomic mass is 19.1. The number of carbonyl (C=O) groups is 1. The zero-order chi connectivity index (χ0) is 19.3. The normalized spacial score (nSPS) is 29.0. The van der Waals surface area contributed by atoms with Crippen LogP contribution in [0.2, 0.25) is 0 Å². The third-order valence-corrected chi connectivity index (χ3v) is 6.92. The minimum absolute atomic E-state index is 0. The summed E-state index contributed by atoms with van der Waals surface area (Å²) in [5.41, 5.74) is 3.36. The smallest absolute Gasteiger partial charge is 0.318 e. The Morgan fingerprint density at radius 3 is 2.64 bits per heavy atom. The van der Waals surface area contributed by atoms with E-state index in [4.69, 9.17) is 0 Å². The van der Waals surface area contributed by atoms with Crippen LogP contribution in [-0.4, -0.2) is 47.5 Å². The number of benzene rings is 2. The summed E-state index contributed by atoms with van der Waals surface area (Å²) < 4.78 is 13.5. The standard InChI is InChI=1S/C23H26FN3O.H2/c1-26-18-10-11-21(26)20(14-18)25-23(28)27-13-12-15-4-2-3-5-19(15)22(27)16-6-8-17(24)9-7-16;/h2-9,18,20-22H,10-14H2,1H3,(H,25,28);1H/t18-,20-,21+,22+;/m1./s1. The third kappa shape index (κ3) is 2.89. The van der Waals surface area contributed by atoms with Crippen LogP contribution in [0.25, 0.3) is 0 Å². The lowest BCUT2D eigenvalue weighted by atomic mass is 9.88. The first kappa shape index (κ1) is 17.7. The molecule has 2 aromatic rings. The highest BCUT2D eigenvalue weighted by Gasteiger charge is 2.45. The van der Waals surface area contributed by atoms with E-state index in [2.05, 4.69) is 29.4 Å². The Hall–Kier alpha value is -2.40. The fourth-order valence-corrected chi connectivity index (χ4v) is 5.45. The van der Waals surface area contributed by atoms with E-state index in [-0.39, 0.29) is 25.4 Å². The van der Waals surface area contributed by atoms with Crippen molar-refractivity contribution in [1.29, 1.82) is 0 Å². The van der Waals surface area contributed by atoms with E-state index in [1.807, 2.05) is 17.0 Å². The van der Waals surface area contributed by atoms with E-state index in [9.17, 15) is 9.18 Å². The number of carbonyl (C=O) groups excluding carboxylic acids is 1. The van der Waals surface area contributed by atoms with Gasteiger partial charge in [-0.25, -0.2) is 9.18 Å². The average Bonchev–Trinajstić information content (AvgIpc) is 3.21. The maximum absolute atomic E-state index is 13.5. The molecule has 0 aromatic heterocycles. The second kappa shape index (κ2) is 6.89. The number of fused-ring (bicyclic) bond motifs is 3. The van der Waals surface area contributed by atoms with Crippen LogP contribution >= 0.6 is 0 Å². The molecule has 5 rings (SSSR count). The Kier molecular flexibility index (Phi) is 4.35. The van der Waals surface area contributed by atoms with Crippen molar-refractivity contribution in [2.24, 2.45) is 0 Å². The zero-order valence-corrected chi connectivity index (χ0v) is 16.1. The molecule has 3 heterocycles. The lowest BCUT2D eigenvalue weighted by Crippen LogP contribution is -2.51. The van der Waals surface area contributed by atoms with Crippen molar-refractivity contribution in [3.8, 4) is 0 Å². The van der Waals surface area contributed by atoms with E-state index in [1.165, 1.54) is 24.1 Å². The van der Waals surface area contributed by atoms with Gasteiger partial charge in [0.15, 0.2) is 0 Å². The number of halogens is 1. The van der Waals surface area contributed by atoms with Gasteiger partial charge in [-0.3, -0.25) is 4.90 Å². The second-order valence-electron chi connectivity index (χ2n) is 8.35. The van der Waals surface area contributed by atoms with E-state index >= 15 is 0 Å². The largest absolute Gasteiger partial charge is 0.334 e. The summed E-state index contributed by atoms with van der Waals surface area (Å²) in [6.45, 7) is 0.668. The summed E-state index contributed by atoms with van der Waals surface area (Å²) in [5.74, 6) is -0.256. The number of likely N-dealkylation sites (N-methyl/N-ethyl adjacent to an activating group) is 1. The van der Waals surface area contributed by atoms with Crippen LogP contribution in [0, 0.1) is 5.82 Å². The fourth-order valence-electron chi connectivity index (χ4n) is 5.45. The van der Waals surface area contributed by atoms with Gasteiger partial charge >= 0.3 is 6.03 Å². The van der Waals surface area contributed by atoms with Crippen molar-refractivity contribution in [2.75, 3.05) is 13.6 Å². The summed E-state index contributed by atoms with van der Waals surface area (Å²) >= 11 is 0. The molecule has 0 unspecified atom stereocenters. The number of rotatable bonds is 2. The van der Waals surface area contributed by atoms with Gasteiger partial charge in [-0.05, 0) is 61.6 Å². The monoisotopic (exact) mass is 381 g/mol. The van der Waals surface area contributed by atoms with Gasteiger partial charge in [0, 0.05) is 26.1 Å². The Morgan fingerprint density at radius 1 is 1.14 bits per heavy atom. The molecule has 3 aliphatic rings. The lowest BCUT2D eigenvalue weighted by Gasteiger charge is -2.39. The molecule has 4 nitrogen and oxygen atoms in total. The zero-order valence-electron chi connectivity index (χ0n) is 16.1. The molecule has 28 heavy (non-hydrogen) atoms. The molecule has 2 bridgehead atoms. The van der Waals surface area contributed by atoms with Gasteiger partial charge in [-0.2, -0.15) is 0 Å². The molecular weight excluding hydrogens is 353 g/mol. The predicted octanol–water partition coefficient (Wildman–Crippen LogP) is 3.96. The Morgan fingerprint density at radius 2 is 1.93 bits per heavy atom. The van der Waals surface area contributed by atoms with Crippen molar-refractivity contribution in [3.63, 3.8) is 0 Å². The fraction of sp³-hybridized carbons (Fsp3) is 0.435. The van der Waals surface area contributed by atoms with Crippen molar-refractivity contribution in [1.82, 2.24) is 15.1 Å². The van der Waals surface area contributed by atoms with Crippen LogP contribution in [0.15, 0.2) is 48.5 Å². The molecule has 1 N–H and O–H groups in total. The van der Waals surface area contributed by atoms with Gasteiger partial charge in [0.2, 0.25) is 0 Å². The summed E-state index contributed by atoms with van der Waals surface area (Å²) in [5, 5.41) is 3.32. The van der Waals surface area contributed by atoms with E-state index in [0.717, 1.165) is 30.4 Å². The van der Waals surface area contributed by atoms with Crippen LogP contribution in [0.4, 0.5) is 9.18 Å². The average molecular weight is 381 g/mol. The first-order valence-corrected chi connectivity index (χ1v) is 10.2. The van der Waals surface area contributed by atoms with Crippen molar-refractivity contribution in [3.05, 3.63) is 71.0 Å². The van der Waals surface area contributed by atoms with Crippen molar-refractivity contribution >= 4 is 6.03 Å². The van der Waals surface area contributed by atoms with Crippen LogP contribution in [0.5, 0.6) is 0 Å². The maximum atomic E-state index is 13.5. The van der Waals surface area contributed by atoms with Gasteiger partial charge < -0.3 is 10.2 Å². The summed E-state index contributed by atoms with van der Waals surface area (Å²) in [7, 11) is 2.17. The molecule has 2 amide bonds. The maximum Gasteiger partial charge on any atom is 0.318 e. The molecule has 5 heteroatoms. The predicted molar refractivity (Wildman–Crippen MR) is 109 cm³/mol. The van der Waals surface area contributed by atoms with Gasteiger partial charge in [-0.1, -0.05) is 36.4 Å². The molecule has 2 fully saturated rings. The number of nitrogens with zero attached hydrogens (tertiary/aromatic N) is 2. The molecule has 2 aromatic carbocycles. The van der Waals surface area contributed by atoms with Crippen molar-refractivity contribution in [2.45, 2.75) is 49.9 Å². The minimum atomic E-state index is -0.256. The van der Waals surface area contributed by atoms with Crippen LogP contribution in [-0.2, 0) is 6.42 Å². The summed E-state index contributed by atoms with van der Waals surface area (Å²) in [6, 6.07) is 15.9. The molecule has 3 aliphatic heterocycles. The molecule has 0 radical (unpaired) electrons. The third-order valence-electron chi connectivity index (χ3n) is 6.92. The minimum Gasteiger partial charge on any atom is -0.334 e. The first-order chi connectivity index (χ1) is 13.6. The number of hydrogen-bond donors (Lipinski definition) is 1. The Labute approximate surface area is 166 Å². The molecule has 148 valence electrons. The summed E-state index contributed by atoms with van der Waals surface area (Å²) in [6.07, 6.45) is 4.29. The number of nitrogens with one attached hydrogen (secondary N) is 1. The number of amides is 2. The van der Waals surface area contributed by atoms with Gasteiger partial charge in [-0.15, -0.1) is 0 Å². The van der Waals surface area contributed by atoms with Crippen LogP contribution in [0.3, 0.4) is 0 Å². The van der Waals surface area contributed by atoms with Crippen LogP contribution in [0.1, 0.15) is 43.4 Å². The highest BCUT2D eigenvalue weighted by molar-refractivity contribution is 5.76. The highest BCUT2D eigenvalue weighted by Crippen LogP contribution is 2.38. The topological polar surface area (TPSA) is 35.6 Å². The van der Waals surface area contributed by atoms with Gasteiger partial charge in [0.25, 0.3) is 0 Å². The first-order valence-electron chi connectivity index (χ1n) is 10.2. The second-order valence-corrected chi connectivity index (χ2v) is 8.35. The summed E-state index contributed by atoms with van der Waals surface area (Å²) in [4.78, 5) is 17.7. The van der Waals surface area contributed by atoms with Gasteiger partial charge in [0.05, 0.1) is 6.04 Å². The number of hydrogen-bond acceptors (Lipinski definition) is 2. The molecular formula is C23H28FN3O. The lowest BCUT2D eigenvalue weighted by molar-refractivity contribution is 0.172. The molecule has 4 atom stereocenters. The Bertz CT molecular complexity index is 890. The SMILES string of the molecule is CN1[C@@H]2CC[C@H]1[C@H](NC(=O)N1CCc3ccccc3[C@@H]1c1ccc(F)cc1)C2.[HH]. The van der Waals surface area contributed by atoms with E-state index < -0.39 is 0 Å². The molecule has 0 saturated carbocycles. The molecule has 0 aliphatic carbocycles. The van der Waals surface area contributed by atoms with Crippen LogP contribution < -0.4 is 5.32 Å². The van der Waals surface area contributed by atoms with Gasteiger partial charge in [0.1, 0.15) is 5.82 Å². The molecule has 0 spiro atoms. The van der Waals surface area contributed by atoms with E-state index in [0.29, 0.717) is 18.6 Å². The van der Waals surface area contributed by atoms with E-state index in [1.54, 1.807) is 12.1 Å².